The van der Waals surface area contributed by atoms with Crippen molar-refractivity contribution in [1.82, 2.24) is 4.57 Å². The Balaban J connectivity index is 1.15. The number of benzene rings is 9. The van der Waals surface area contributed by atoms with Crippen molar-refractivity contribution < 1.29 is 0 Å². The van der Waals surface area contributed by atoms with Gasteiger partial charge < -0.3 is 4.57 Å². The van der Waals surface area contributed by atoms with Crippen LogP contribution in [0.5, 0.6) is 0 Å². The largest absolute Gasteiger partial charge is 0.309 e. The molecule has 0 saturated heterocycles. The number of rotatable bonds is 4. The van der Waals surface area contributed by atoms with Gasteiger partial charge in [-0.25, -0.2) is 0 Å². The normalized spacial score (nSPS) is 11.8. The molecule has 0 unspecified atom stereocenters. The second kappa shape index (κ2) is 11.5. The molecule has 0 N–H and O–H groups in total. The van der Waals surface area contributed by atoms with Gasteiger partial charge in [0.25, 0.3) is 0 Å². The maximum absolute atomic E-state index is 2.45. The van der Waals surface area contributed by atoms with Crippen LogP contribution in [0.2, 0.25) is 0 Å². The molecular formula is C50H31NS. The summed E-state index contributed by atoms with van der Waals surface area (Å²) in [7, 11) is 0. The second-order valence-corrected chi connectivity index (χ2v) is 14.8. The fourth-order valence-electron chi connectivity index (χ4n) is 8.32. The lowest BCUT2D eigenvalue weighted by molar-refractivity contribution is 1.18. The maximum atomic E-state index is 2.45. The summed E-state index contributed by atoms with van der Waals surface area (Å²) in [4.78, 5) is 0. The van der Waals surface area contributed by atoms with Crippen LogP contribution in [0.4, 0.5) is 0 Å². The topological polar surface area (TPSA) is 4.93 Å². The first kappa shape index (κ1) is 29.3. The van der Waals surface area contributed by atoms with E-state index in [9.17, 15) is 0 Å². The smallest absolute Gasteiger partial charge is 0.0541 e. The lowest BCUT2D eigenvalue weighted by atomic mass is 9.92. The summed E-state index contributed by atoms with van der Waals surface area (Å²) in [5.74, 6) is 0. The molecule has 52 heavy (non-hydrogen) atoms. The summed E-state index contributed by atoms with van der Waals surface area (Å²) in [5, 5.41) is 10.3. The average molecular weight is 678 g/mol. The van der Waals surface area contributed by atoms with Crippen LogP contribution in [0.15, 0.2) is 188 Å². The van der Waals surface area contributed by atoms with Crippen molar-refractivity contribution in [3.05, 3.63) is 188 Å². The van der Waals surface area contributed by atoms with Gasteiger partial charge in [-0.15, -0.1) is 11.3 Å². The summed E-state index contributed by atoms with van der Waals surface area (Å²) in [6.45, 7) is 0. The third kappa shape index (κ3) is 4.55. The number of thiophene rings is 1. The summed E-state index contributed by atoms with van der Waals surface area (Å²) < 4.78 is 5.13. The minimum Gasteiger partial charge on any atom is -0.309 e. The summed E-state index contributed by atoms with van der Waals surface area (Å²) in [5.41, 5.74) is 10.9. The van der Waals surface area contributed by atoms with Crippen LogP contribution >= 0.6 is 11.3 Å². The fraction of sp³-hybridized carbons (Fsp3) is 0. The molecule has 0 bridgehead atoms. The molecular weight excluding hydrogens is 647 g/mol. The number of aromatic nitrogens is 1. The number of hydrogen-bond donors (Lipinski definition) is 0. The van der Waals surface area contributed by atoms with E-state index in [2.05, 4.69) is 193 Å². The summed E-state index contributed by atoms with van der Waals surface area (Å²) in [6.07, 6.45) is 0. The zero-order valence-corrected chi connectivity index (χ0v) is 29.1. The minimum absolute atomic E-state index is 1.15. The molecule has 2 heteroatoms. The van der Waals surface area contributed by atoms with E-state index in [1.807, 2.05) is 11.3 Å². The molecule has 2 aromatic heterocycles. The Morgan fingerprint density at radius 2 is 0.923 bits per heavy atom. The monoisotopic (exact) mass is 677 g/mol. The molecule has 11 aromatic rings. The Kier molecular flexibility index (Phi) is 6.49. The van der Waals surface area contributed by atoms with Gasteiger partial charge in [0.05, 0.1) is 11.0 Å². The zero-order valence-electron chi connectivity index (χ0n) is 28.3. The molecule has 0 fully saturated rings. The molecule has 0 aliphatic rings. The number of para-hydroxylation sites is 1. The average Bonchev–Trinajstić information content (AvgIpc) is 3.75. The Labute approximate surface area is 305 Å². The molecule has 9 aromatic carbocycles. The first-order valence-corrected chi connectivity index (χ1v) is 18.7. The van der Waals surface area contributed by atoms with Crippen LogP contribution in [-0.4, -0.2) is 4.57 Å². The molecule has 0 atom stereocenters. The third-order valence-electron chi connectivity index (χ3n) is 10.7. The molecule has 1 nitrogen and oxygen atoms in total. The Hall–Kier alpha value is -6.48. The highest BCUT2D eigenvalue weighted by Crippen LogP contribution is 2.43. The van der Waals surface area contributed by atoms with E-state index < -0.39 is 0 Å². The highest BCUT2D eigenvalue weighted by atomic mass is 32.1. The van der Waals surface area contributed by atoms with Crippen LogP contribution in [-0.2, 0) is 0 Å². The molecule has 0 aliphatic heterocycles. The van der Waals surface area contributed by atoms with Crippen molar-refractivity contribution in [2.24, 2.45) is 0 Å². The number of nitrogens with zero attached hydrogens (tertiary/aromatic N) is 1. The van der Waals surface area contributed by atoms with Crippen molar-refractivity contribution in [3.8, 4) is 39.1 Å². The molecule has 2 heterocycles. The van der Waals surface area contributed by atoms with Crippen LogP contribution in [0.3, 0.4) is 0 Å². The SMILES string of the molecule is c1ccc(-c2cc(-c3ccccc3)cc(-n3c4ccccc4c4cc(-c5cc6cc7c(cc6c6ccccc56)sc5ccccc57)ccc43)c2)cc1. The number of hydrogen-bond acceptors (Lipinski definition) is 1. The van der Waals surface area contributed by atoms with E-state index in [1.165, 1.54) is 96.9 Å². The maximum Gasteiger partial charge on any atom is 0.0541 e. The highest BCUT2D eigenvalue weighted by molar-refractivity contribution is 7.25. The zero-order chi connectivity index (χ0) is 34.2. The summed E-state index contributed by atoms with van der Waals surface area (Å²) in [6, 6.07) is 69.3. The van der Waals surface area contributed by atoms with E-state index >= 15 is 0 Å². The Bertz CT molecular complexity index is 3110. The van der Waals surface area contributed by atoms with Gasteiger partial charge in [-0.05, 0) is 116 Å². The van der Waals surface area contributed by atoms with E-state index in [0.29, 0.717) is 0 Å². The molecule has 11 rings (SSSR count). The van der Waals surface area contributed by atoms with Crippen molar-refractivity contribution in [2.45, 2.75) is 0 Å². The van der Waals surface area contributed by atoms with Gasteiger partial charge in [-0.1, -0.05) is 127 Å². The van der Waals surface area contributed by atoms with Gasteiger partial charge in [0.15, 0.2) is 0 Å². The van der Waals surface area contributed by atoms with Gasteiger partial charge in [0.1, 0.15) is 0 Å². The van der Waals surface area contributed by atoms with E-state index in [4.69, 9.17) is 0 Å². The van der Waals surface area contributed by atoms with Crippen LogP contribution in [0.1, 0.15) is 0 Å². The third-order valence-corrected chi connectivity index (χ3v) is 11.9. The van der Waals surface area contributed by atoms with E-state index in [-0.39, 0.29) is 0 Å². The van der Waals surface area contributed by atoms with Crippen molar-refractivity contribution in [1.29, 1.82) is 0 Å². The number of fused-ring (bicyclic) bond motifs is 9. The van der Waals surface area contributed by atoms with Crippen molar-refractivity contribution in [2.75, 3.05) is 0 Å². The van der Waals surface area contributed by atoms with Crippen LogP contribution in [0, 0.1) is 0 Å². The van der Waals surface area contributed by atoms with E-state index in [0.717, 1.165) is 5.69 Å². The molecule has 0 amide bonds. The molecule has 0 spiro atoms. The minimum atomic E-state index is 1.15. The molecule has 0 aliphatic carbocycles. The van der Waals surface area contributed by atoms with Gasteiger partial charge >= 0.3 is 0 Å². The first-order valence-electron chi connectivity index (χ1n) is 17.8. The highest BCUT2D eigenvalue weighted by Gasteiger charge is 2.17. The van der Waals surface area contributed by atoms with Gasteiger partial charge in [0.2, 0.25) is 0 Å². The lowest BCUT2D eigenvalue weighted by Gasteiger charge is -2.14. The van der Waals surface area contributed by atoms with Crippen LogP contribution < -0.4 is 0 Å². The molecule has 0 saturated carbocycles. The first-order chi connectivity index (χ1) is 25.8. The van der Waals surface area contributed by atoms with Gasteiger partial charge in [-0.3, -0.25) is 0 Å². The van der Waals surface area contributed by atoms with Crippen molar-refractivity contribution in [3.63, 3.8) is 0 Å². The lowest BCUT2D eigenvalue weighted by Crippen LogP contribution is -1.96. The molecule has 242 valence electrons. The van der Waals surface area contributed by atoms with Gasteiger partial charge in [-0.2, -0.15) is 0 Å². The standard InChI is InChI=1S/C50H31NS/c1-3-13-32(14-4-1)35-25-36(33-15-5-2-6-16-33)27-38(26-35)51-47-21-11-9-19-41(47)45-28-34(23-24-48(45)51)43-29-37-30-46-42-20-10-12-22-49(42)52-50(46)31-44(37)40-18-8-7-17-39(40)43/h1-31H. The fourth-order valence-corrected chi connectivity index (χ4v) is 9.45. The predicted molar refractivity (Wildman–Crippen MR) is 225 cm³/mol. The Morgan fingerprint density at radius 1 is 0.308 bits per heavy atom. The van der Waals surface area contributed by atoms with Crippen molar-refractivity contribution >= 4 is 74.9 Å². The summed E-state index contributed by atoms with van der Waals surface area (Å²) >= 11 is 1.89. The predicted octanol–water partition coefficient (Wildman–Crippen LogP) is 14.5. The Morgan fingerprint density at radius 3 is 1.67 bits per heavy atom. The quantitative estimate of drug-likeness (QED) is 0.163. The van der Waals surface area contributed by atoms with Crippen LogP contribution in [0.25, 0.3) is 103 Å². The molecule has 0 radical (unpaired) electrons. The van der Waals surface area contributed by atoms with E-state index in [1.54, 1.807) is 0 Å². The van der Waals surface area contributed by atoms with Gasteiger partial charge in [0, 0.05) is 36.6 Å². The second-order valence-electron chi connectivity index (χ2n) is 13.7.